The fourth-order valence-electron chi connectivity index (χ4n) is 2.97. The van der Waals surface area contributed by atoms with Gasteiger partial charge < -0.3 is 4.74 Å². The maximum absolute atomic E-state index is 12.7. The van der Waals surface area contributed by atoms with Crippen molar-refractivity contribution in [2.24, 2.45) is 0 Å². The highest BCUT2D eigenvalue weighted by molar-refractivity contribution is 7.92. The first-order valence-electron chi connectivity index (χ1n) is 8.38. The second kappa shape index (κ2) is 7.33. The number of non-ortho nitro benzene ring substituents is 1. The van der Waals surface area contributed by atoms with Crippen LogP contribution in [0.5, 0.6) is 5.75 Å². The topological polar surface area (TPSA) is 89.8 Å². The number of hydrogen-bond acceptors (Lipinski definition) is 5. The molecular weight excluding hydrogens is 356 g/mol. The Kier molecular flexibility index (Phi) is 5.13. The summed E-state index contributed by atoms with van der Waals surface area (Å²) in [6.45, 7) is 0. The number of nitro benzene ring substituents is 1. The van der Waals surface area contributed by atoms with Crippen molar-refractivity contribution >= 4 is 21.4 Å². The van der Waals surface area contributed by atoms with Gasteiger partial charge in [0.05, 0.1) is 21.6 Å². The minimum absolute atomic E-state index is 0.00289. The molecule has 0 saturated heterocycles. The fourth-order valence-corrected chi connectivity index (χ4v) is 4.17. The Bertz CT molecular complexity index is 873. The third-order valence-electron chi connectivity index (χ3n) is 4.51. The highest BCUT2D eigenvalue weighted by Gasteiger charge is 2.22. The van der Waals surface area contributed by atoms with Crippen LogP contribution in [0, 0.1) is 10.1 Å². The Balaban J connectivity index is 1.76. The Hall–Kier alpha value is -2.61. The zero-order valence-electron chi connectivity index (χ0n) is 14.4. The average Bonchev–Trinajstić information content (AvgIpc) is 3.15. The zero-order chi connectivity index (χ0) is 18.7. The van der Waals surface area contributed by atoms with Gasteiger partial charge in [0.1, 0.15) is 5.75 Å². The Morgan fingerprint density at radius 2 is 1.62 bits per heavy atom. The first kappa shape index (κ1) is 18.2. The van der Waals surface area contributed by atoms with E-state index in [9.17, 15) is 18.5 Å². The van der Waals surface area contributed by atoms with Gasteiger partial charge in [-0.05, 0) is 62.1 Å². The summed E-state index contributed by atoms with van der Waals surface area (Å²) in [5, 5.41) is 10.7. The number of sulfonamides is 1. The summed E-state index contributed by atoms with van der Waals surface area (Å²) in [7, 11) is -2.35. The lowest BCUT2D eigenvalue weighted by atomic mass is 10.3. The molecule has 0 aromatic heterocycles. The minimum Gasteiger partial charge on any atom is -0.490 e. The molecule has 8 heteroatoms. The van der Waals surface area contributed by atoms with Crippen LogP contribution in [-0.4, -0.2) is 26.5 Å². The van der Waals surface area contributed by atoms with Gasteiger partial charge in [0.2, 0.25) is 0 Å². The molecule has 3 rings (SSSR count). The maximum atomic E-state index is 12.7. The third-order valence-corrected chi connectivity index (χ3v) is 6.31. The first-order chi connectivity index (χ1) is 12.4. The van der Waals surface area contributed by atoms with Crippen LogP contribution in [-0.2, 0) is 10.0 Å². The van der Waals surface area contributed by atoms with Crippen molar-refractivity contribution in [3.8, 4) is 5.75 Å². The smallest absolute Gasteiger partial charge is 0.269 e. The second-order valence-electron chi connectivity index (χ2n) is 6.24. The molecule has 7 nitrogen and oxygen atoms in total. The van der Waals surface area contributed by atoms with E-state index in [0.29, 0.717) is 5.69 Å². The summed E-state index contributed by atoms with van der Waals surface area (Å²) in [5.41, 5.74) is 0.335. The lowest BCUT2D eigenvalue weighted by Crippen LogP contribution is -2.26. The molecule has 26 heavy (non-hydrogen) atoms. The second-order valence-corrected chi connectivity index (χ2v) is 8.21. The first-order valence-corrected chi connectivity index (χ1v) is 9.82. The quantitative estimate of drug-likeness (QED) is 0.566. The van der Waals surface area contributed by atoms with E-state index in [4.69, 9.17) is 4.74 Å². The number of nitro groups is 1. The van der Waals surface area contributed by atoms with Crippen LogP contribution in [0.25, 0.3) is 0 Å². The molecule has 0 amide bonds. The number of rotatable bonds is 6. The third kappa shape index (κ3) is 3.80. The van der Waals surface area contributed by atoms with Crippen LogP contribution in [0.1, 0.15) is 25.7 Å². The van der Waals surface area contributed by atoms with E-state index in [2.05, 4.69) is 0 Å². The van der Waals surface area contributed by atoms with Crippen molar-refractivity contribution < 1.29 is 18.1 Å². The van der Waals surface area contributed by atoms with E-state index >= 15 is 0 Å². The van der Waals surface area contributed by atoms with E-state index in [-0.39, 0.29) is 16.7 Å². The summed E-state index contributed by atoms with van der Waals surface area (Å²) in [5.74, 6) is 0.724. The summed E-state index contributed by atoms with van der Waals surface area (Å²) >= 11 is 0. The molecule has 0 spiro atoms. The molecule has 0 atom stereocenters. The maximum Gasteiger partial charge on any atom is 0.269 e. The van der Waals surface area contributed by atoms with E-state index in [0.717, 1.165) is 22.9 Å². The van der Waals surface area contributed by atoms with Gasteiger partial charge in [0, 0.05) is 19.2 Å². The van der Waals surface area contributed by atoms with Crippen molar-refractivity contribution in [3.05, 3.63) is 58.6 Å². The van der Waals surface area contributed by atoms with Crippen molar-refractivity contribution in [1.29, 1.82) is 0 Å². The number of ether oxygens (including phenoxy) is 1. The number of hydrogen-bond donors (Lipinski definition) is 0. The Morgan fingerprint density at radius 1 is 1.04 bits per heavy atom. The van der Waals surface area contributed by atoms with Gasteiger partial charge in [-0.2, -0.15) is 0 Å². The molecular formula is C18H20N2O5S. The standard InChI is InChI=1S/C18H20N2O5S/c1-19(26(23,24)18-12-8-15(9-13-18)20(21)22)14-6-10-17(11-7-14)25-16-4-2-3-5-16/h6-13,16H,2-5H2,1H3. The molecule has 1 saturated carbocycles. The van der Waals surface area contributed by atoms with Crippen molar-refractivity contribution in [3.63, 3.8) is 0 Å². The lowest BCUT2D eigenvalue weighted by molar-refractivity contribution is -0.384. The molecule has 2 aromatic rings. The molecule has 1 fully saturated rings. The SMILES string of the molecule is CN(c1ccc(OC2CCCC2)cc1)S(=O)(=O)c1ccc([N+](=O)[O-])cc1. The van der Waals surface area contributed by atoms with Crippen LogP contribution >= 0.6 is 0 Å². The average molecular weight is 376 g/mol. The summed E-state index contributed by atoms with van der Waals surface area (Å²) < 4.78 is 32.4. The van der Waals surface area contributed by atoms with Crippen molar-refractivity contribution in [2.75, 3.05) is 11.4 Å². The van der Waals surface area contributed by atoms with Crippen LogP contribution in [0.2, 0.25) is 0 Å². The molecule has 0 bridgehead atoms. The predicted octanol–water partition coefficient (Wildman–Crippen LogP) is 3.74. The molecule has 2 aromatic carbocycles. The molecule has 0 heterocycles. The molecule has 0 N–H and O–H groups in total. The predicted molar refractivity (Wildman–Crippen MR) is 98.0 cm³/mol. The Labute approximate surface area is 152 Å². The molecule has 0 unspecified atom stereocenters. The van der Waals surface area contributed by atoms with Gasteiger partial charge >= 0.3 is 0 Å². The fraction of sp³-hybridized carbons (Fsp3) is 0.333. The highest BCUT2D eigenvalue weighted by Crippen LogP contribution is 2.28. The van der Waals surface area contributed by atoms with Crippen molar-refractivity contribution in [2.45, 2.75) is 36.7 Å². The van der Waals surface area contributed by atoms with E-state index in [1.54, 1.807) is 24.3 Å². The van der Waals surface area contributed by atoms with Gasteiger partial charge in [-0.3, -0.25) is 14.4 Å². The summed E-state index contributed by atoms with van der Waals surface area (Å²) in [4.78, 5) is 10.1. The molecule has 0 radical (unpaired) electrons. The molecule has 1 aliphatic carbocycles. The largest absolute Gasteiger partial charge is 0.490 e. The molecule has 1 aliphatic rings. The normalized spacial score (nSPS) is 15.0. The zero-order valence-corrected chi connectivity index (χ0v) is 15.2. The van der Waals surface area contributed by atoms with E-state index in [1.165, 1.54) is 44.2 Å². The summed E-state index contributed by atoms with van der Waals surface area (Å²) in [6, 6.07) is 11.7. The summed E-state index contributed by atoms with van der Waals surface area (Å²) in [6.07, 6.45) is 4.70. The van der Waals surface area contributed by atoms with Crippen LogP contribution in [0.15, 0.2) is 53.4 Å². The molecule has 0 aliphatic heterocycles. The van der Waals surface area contributed by atoms with Gasteiger partial charge in [-0.1, -0.05) is 0 Å². The van der Waals surface area contributed by atoms with Gasteiger partial charge in [-0.25, -0.2) is 8.42 Å². The van der Waals surface area contributed by atoms with E-state index < -0.39 is 14.9 Å². The van der Waals surface area contributed by atoms with Gasteiger partial charge in [0.25, 0.3) is 15.7 Å². The van der Waals surface area contributed by atoms with Gasteiger partial charge in [-0.15, -0.1) is 0 Å². The lowest BCUT2D eigenvalue weighted by Gasteiger charge is -2.20. The van der Waals surface area contributed by atoms with Crippen LogP contribution in [0.4, 0.5) is 11.4 Å². The van der Waals surface area contributed by atoms with Crippen LogP contribution in [0.3, 0.4) is 0 Å². The number of benzene rings is 2. The monoisotopic (exact) mass is 376 g/mol. The number of anilines is 1. The number of nitrogens with zero attached hydrogens (tertiary/aromatic N) is 2. The molecule has 138 valence electrons. The van der Waals surface area contributed by atoms with Crippen molar-refractivity contribution in [1.82, 2.24) is 0 Å². The van der Waals surface area contributed by atoms with Crippen LogP contribution < -0.4 is 9.04 Å². The van der Waals surface area contributed by atoms with E-state index in [1.807, 2.05) is 0 Å². The Morgan fingerprint density at radius 3 is 2.15 bits per heavy atom. The minimum atomic E-state index is -3.80. The highest BCUT2D eigenvalue weighted by atomic mass is 32.2. The van der Waals surface area contributed by atoms with Gasteiger partial charge in [0.15, 0.2) is 0 Å².